The number of hydrogen-bond donors (Lipinski definition) is 0. The average molecular weight is 401 g/mol. The van der Waals surface area contributed by atoms with Crippen LogP contribution in [-0.4, -0.2) is 4.98 Å². The van der Waals surface area contributed by atoms with Crippen molar-refractivity contribution in [3.63, 3.8) is 0 Å². The summed E-state index contributed by atoms with van der Waals surface area (Å²) in [6, 6.07) is 5.44. The van der Waals surface area contributed by atoms with E-state index in [4.69, 9.17) is 9.72 Å². The van der Waals surface area contributed by atoms with Crippen molar-refractivity contribution >= 4 is 0 Å². The van der Waals surface area contributed by atoms with Gasteiger partial charge in [0.25, 0.3) is 0 Å². The minimum absolute atomic E-state index is 0.253. The van der Waals surface area contributed by atoms with Crippen LogP contribution in [0.4, 0.5) is 13.2 Å². The topological polar surface area (TPSA) is 22.1 Å². The van der Waals surface area contributed by atoms with E-state index < -0.39 is 11.7 Å². The SMILES string of the molecule is CC1(C)CCc2c(ncc3c2C2(CCCC2)OC3c2ccc(C(F)(F)F)cc2)C1. The molecule has 1 aliphatic heterocycles. The zero-order valence-corrected chi connectivity index (χ0v) is 16.9. The maximum absolute atomic E-state index is 13.0. The lowest BCUT2D eigenvalue weighted by atomic mass is 9.72. The van der Waals surface area contributed by atoms with Gasteiger partial charge in [-0.3, -0.25) is 4.98 Å². The summed E-state index contributed by atoms with van der Waals surface area (Å²) >= 11 is 0. The zero-order chi connectivity index (χ0) is 20.4. The number of ether oxygens (including phenoxy) is 1. The van der Waals surface area contributed by atoms with Gasteiger partial charge >= 0.3 is 6.18 Å². The molecule has 0 saturated heterocycles. The Morgan fingerprint density at radius 1 is 1.03 bits per heavy atom. The molecular weight excluding hydrogens is 375 g/mol. The van der Waals surface area contributed by atoms with Crippen LogP contribution in [0.2, 0.25) is 0 Å². The highest BCUT2D eigenvalue weighted by Crippen LogP contribution is 2.56. The van der Waals surface area contributed by atoms with Gasteiger partial charge in [-0.25, -0.2) is 0 Å². The molecule has 1 aromatic heterocycles. The Bertz CT molecular complexity index is 940. The van der Waals surface area contributed by atoms with Crippen molar-refractivity contribution in [2.24, 2.45) is 5.41 Å². The molecule has 3 aliphatic rings. The first-order valence-corrected chi connectivity index (χ1v) is 10.5. The number of benzene rings is 1. The maximum atomic E-state index is 13.0. The summed E-state index contributed by atoms with van der Waals surface area (Å²) in [4.78, 5) is 4.81. The third-order valence-electron chi connectivity index (χ3n) is 7.03. The van der Waals surface area contributed by atoms with E-state index >= 15 is 0 Å². The lowest BCUT2D eigenvalue weighted by molar-refractivity contribution is -0.137. The second-order valence-electron chi connectivity index (χ2n) is 9.67. The lowest BCUT2D eigenvalue weighted by Crippen LogP contribution is -2.28. The molecule has 0 N–H and O–H groups in total. The molecule has 2 heterocycles. The number of rotatable bonds is 1. The molecule has 1 atom stereocenters. The molecule has 5 heteroatoms. The van der Waals surface area contributed by atoms with E-state index in [0.717, 1.165) is 68.2 Å². The van der Waals surface area contributed by atoms with Crippen LogP contribution in [0.5, 0.6) is 0 Å². The molecule has 0 bridgehead atoms. The predicted octanol–water partition coefficient (Wildman–Crippen LogP) is 6.50. The third kappa shape index (κ3) is 3.09. The Labute approximate surface area is 169 Å². The Morgan fingerprint density at radius 3 is 2.38 bits per heavy atom. The molecule has 0 amide bonds. The molecule has 1 fully saturated rings. The van der Waals surface area contributed by atoms with E-state index in [0.29, 0.717) is 0 Å². The standard InChI is InChI=1S/C24H26F3NO/c1-22(2)12-9-17-19(13-22)28-14-18-20(17)23(10-3-4-11-23)29-21(18)15-5-7-16(8-6-15)24(25,26)27/h5-8,14,21H,3-4,9-13H2,1-2H3. The van der Waals surface area contributed by atoms with Crippen molar-refractivity contribution in [3.8, 4) is 0 Å². The Hall–Kier alpha value is -1.88. The van der Waals surface area contributed by atoms with Crippen LogP contribution >= 0.6 is 0 Å². The molecule has 2 aliphatic carbocycles. The van der Waals surface area contributed by atoms with Crippen molar-refractivity contribution < 1.29 is 17.9 Å². The summed E-state index contributed by atoms with van der Waals surface area (Å²) in [5.74, 6) is 0. The molecule has 0 radical (unpaired) electrons. The van der Waals surface area contributed by atoms with Gasteiger partial charge in [0.1, 0.15) is 6.10 Å². The first-order chi connectivity index (χ1) is 13.7. The molecule has 5 rings (SSSR count). The van der Waals surface area contributed by atoms with Crippen LogP contribution in [0.15, 0.2) is 30.5 Å². The van der Waals surface area contributed by atoms with Gasteiger partial charge in [0.05, 0.1) is 11.2 Å². The molecule has 29 heavy (non-hydrogen) atoms. The second kappa shape index (κ2) is 6.31. The number of aromatic nitrogens is 1. The molecular formula is C24H26F3NO. The van der Waals surface area contributed by atoms with E-state index in [9.17, 15) is 13.2 Å². The summed E-state index contributed by atoms with van der Waals surface area (Å²) in [5, 5.41) is 0. The maximum Gasteiger partial charge on any atom is 0.416 e. The summed E-state index contributed by atoms with van der Waals surface area (Å²) in [5.41, 5.74) is 5.01. The fraction of sp³-hybridized carbons (Fsp3) is 0.542. The number of halogens is 3. The van der Waals surface area contributed by atoms with Crippen molar-refractivity contribution in [3.05, 3.63) is 64.0 Å². The minimum Gasteiger partial charge on any atom is -0.358 e. The van der Waals surface area contributed by atoms with Gasteiger partial charge in [-0.05, 0) is 66.3 Å². The first-order valence-electron chi connectivity index (χ1n) is 10.5. The predicted molar refractivity (Wildman–Crippen MR) is 105 cm³/mol. The number of fused-ring (bicyclic) bond motifs is 4. The molecule has 1 unspecified atom stereocenters. The van der Waals surface area contributed by atoms with Gasteiger partial charge in [-0.1, -0.05) is 38.8 Å². The van der Waals surface area contributed by atoms with Crippen LogP contribution < -0.4 is 0 Å². The Morgan fingerprint density at radius 2 is 1.72 bits per heavy atom. The summed E-state index contributed by atoms with van der Waals surface area (Å²) in [6.45, 7) is 4.58. The van der Waals surface area contributed by atoms with E-state index in [-0.39, 0.29) is 17.1 Å². The normalized spacial score (nSPS) is 24.5. The van der Waals surface area contributed by atoms with Crippen LogP contribution in [0, 0.1) is 5.41 Å². The molecule has 1 spiro atoms. The summed E-state index contributed by atoms with van der Waals surface area (Å²) in [7, 11) is 0. The highest BCUT2D eigenvalue weighted by atomic mass is 19.4. The van der Waals surface area contributed by atoms with Crippen LogP contribution in [0.1, 0.15) is 85.6 Å². The van der Waals surface area contributed by atoms with Gasteiger partial charge in [0.2, 0.25) is 0 Å². The van der Waals surface area contributed by atoms with Gasteiger partial charge in [0.15, 0.2) is 0 Å². The third-order valence-corrected chi connectivity index (χ3v) is 7.03. The van der Waals surface area contributed by atoms with E-state index in [1.807, 2.05) is 6.20 Å². The van der Waals surface area contributed by atoms with E-state index in [1.165, 1.54) is 16.8 Å². The minimum atomic E-state index is -4.33. The van der Waals surface area contributed by atoms with Crippen molar-refractivity contribution in [2.75, 3.05) is 0 Å². The molecule has 2 aromatic rings. The largest absolute Gasteiger partial charge is 0.416 e. The zero-order valence-electron chi connectivity index (χ0n) is 16.9. The molecule has 1 saturated carbocycles. The lowest BCUT2D eigenvalue weighted by Gasteiger charge is -2.34. The highest BCUT2D eigenvalue weighted by Gasteiger charge is 2.50. The van der Waals surface area contributed by atoms with E-state index in [1.54, 1.807) is 12.1 Å². The Kier molecular flexibility index (Phi) is 4.16. The van der Waals surface area contributed by atoms with Gasteiger partial charge in [-0.2, -0.15) is 13.2 Å². The monoisotopic (exact) mass is 401 g/mol. The number of pyridine rings is 1. The number of alkyl halides is 3. The number of hydrogen-bond acceptors (Lipinski definition) is 2. The van der Waals surface area contributed by atoms with Crippen molar-refractivity contribution in [1.82, 2.24) is 4.98 Å². The number of nitrogens with zero attached hydrogens (tertiary/aromatic N) is 1. The summed E-state index contributed by atoms with van der Waals surface area (Å²) in [6.07, 6.45) is 4.59. The fourth-order valence-corrected chi connectivity index (χ4v) is 5.53. The van der Waals surface area contributed by atoms with Gasteiger partial charge < -0.3 is 4.74 Å². The molecule has 154 valence electrons. The fourth-order valence-electron chi connectivity index (χ4n) is 5.53. The first kappa shape index (κ1) is 19.1. The Balaban J connectivity index is 1.60. The quantitative estimate of drug-likeness (QED) is 0.544. The smallest absolute Gasteiger partial charge is 0.358 e. The molecule has 1 aromatic carbocycles. The van der Waals surface area contributed by atoms with Crippen LogP contribution in [-0.2, 0) is 29.4 Å². The van der Waals surface area contributed by atoms with Crippen molar-refractivity contribution in [2.45, 2.75) is 76.7 Å². The molecule has 2 nitrogen and oxygen atoms in total. The second-order valence-corrected chi connectivity index (χ2v) is 9.67. The van der Waals surface area contributed by atoms with Crippen molar-refractivity contribution in [1.29, 1.82) is 0 Å². The van der Waals surface area contributed by atoms with E-state index in [2.05, 4.69) is 13.8 Å². The summed E-state index contributed by atoms with van der Waals surface area (Å²) < 4.78 is 45.6. The van der Waals surface area contributed by atoms with Gasteiger partial charge in [0, 0.05) is 17.5 Å². The highest BCUT2D eigenvalue weighted by molar-refractivity contribution is 5.50. The average Bonchev–Trinajstić information content (AvgIpc) is 3.26. The van der Waals surface area contributed by atoms with Crippen LogP contribution in [0.25, 0.3) is 0 Å². The van der Waals surface area contributed by atoms with Gasteiger partial charge in [-0.15, -0.1) is 0 Å². The van der Waals surface area contributed by atoms with Crippen LogP contribution in [0.3, 0.4) is 0 Å².